The smallest absolute Gasteiger partial charge is 0.283 e. The van der Waals surface area contributed by atoms with E-state index in [9.17, 15) is 13.2 Å². The van der Waals surface area contributed by atoms with Crippen molar-refractivity contribution >= 4 is 54.5 Å². The molecule has 14 nitrogen and oxygen atoms in total. The van der Waals surface area contributed by atoms with Crippen LogP contribution in [0.25, 0.3) is 10.1 Å². The van der Waals surface area contributed by atoms with Gasteiger partial charge in [0.05, 0.1) is 5.69 Å². The van der Waals surface area contributed by atoms with Crippen LogP contribution >= 0.6 is 22.7 Å². The van der Waals surface area contributed by atoms with Crippen molar-refractivity contribution in [2.45, 2.75) is 36.1 Å². The topological polar surface area (TPSA) is 187 Å². The van der Waals surface area contributed by atoms with Gasteiger partial charge in [0, 0.05) is 66.7 Å². The van der Waals surface area contributed by atoms with E-state index in [1.165, 1.54) is 15.6 Å². The van der Waals surface area contributed by atoms with Gasteiger partial charge in [0.2, 0.25) is 0 Å². The summed E-state index contributed by atoms with van der Waals surface area (Å²) in [6.45, 7) is 2.19. The van der Waals surface area contributed by atoms with Gasteiger partial charge in [-0.2, -0.15) is 9.52 Å². The fourth-order valence-corrected chi connectivity index (χ4v) is 9.32. The predicted molar refractivity (Wildman–Crippen MR) is 153 cm³/mol. The number of benzene rings is 1. The van der Waals surface area contributed by atoms with Crippen LogP contribution < -0.4 is 5.73 Å². The highest BCUT2D eigenvalue weighted by atomic mass is 32.2. The molecule has 1 amide bonds. The molecule has 6 rings (SSSR count). The van der Waals surface area contributed by atoms with Crippen LogP contribution in [0.1, 0.15) is 38.2 Å². The molecule has 0 saturated carbocycles. The maximum absolute atomic E-state index is 13.8. The van der Waals surface area contributed by atoms with Crippen LogP contribution in [0.2, 0.25) is 0 Å². The van der Waals surface area contributed by atoms with E-state index < -0.39 is 16.1 Å². The Kier molecular flexibility index (Phi) is 7.45. The summed E-state index contributed by atoms with van der Waals surface area (Å²) in [4.78, 5) is 23.5. The van der Waals surface area contributed by atoms with Gasteiger partial charge in [-0.1, -0.05) is 10.4 Å². The zero-order valence-corrected chi connectivity index (χ0v) is 24.5. The highest BCUT2D eigenvalue weighted by Crippen LogP contribution is 2.33. The summed E-state index contributed by atoms with van der Waals surface area (Å²) >= 11 is 2.58. The zero-order chi connectivity index (χ0) is 28.7. The first-order valence-corrected chi connectivity index (χ1v) is 16.0. The molecule has 17 heteroatoms. The average molecular weight is 617 g/mol. The molecule has 1 atom stereocenters. The lowest BCUT2D eigenvalue weighted by molar-refractivity contribution is 0.0550. The lowest BCUT2D eigenvalue weighted by atomic mass is 10.1. The standard InChI is InChI=1S/C24H28N10O4S3/c1-32-7-6-17-19(13-32)40-23(26-17)24(35)34-9-8-33(12-16(34)3-5-20-27-30-31-28-20)41(37,38)21-11-15-10-14(22(25)29-36)2-4-18(15)39-21/h2,4,10-11,16,36H,3,5-9,12-13H2,1H3,(H2,25,29)(H,27,28,30,31). The summed E-state index contributed by atoms with van der Waals surface area (Å²) in [5, 5.41) is 27.2. The summed E-state index contributed by atoms with van der Waals surface area (Å²) < 4.78 is 30.0. The molecule has 2 aliphatic heterocycles. The van der Waals surface area contributed by atoms with E-state index >= 15 is 0 Å². The number of aryl methyl sites for hydroxylation is 1. The number of amidine groups is 1. The minimum absolute atomic E-state index is 0.0548. The van der Waals surface area contributed by atoms with Gasteiger partial charge in [-0.3, -0.25) is 4.79 Å². The number of nitrogens with zero attached hydrogens (tertiary/aromatic N) is 8. The van der Waals surface area contributed by atoms with Gasteiger partial charge in [0.25, 0.3) is 15.9 Å². The van der Waals surface area contributed by atoms with Crippen molar-refractivity contribution in [2.75, 3.05) is 33.2 Å². The number of oxime groups is 1. The quantitative estimate of drug-likeness (QED) is 0.117. The highest BCUT2D eigenvalue weighted by Gasteiger charge is 2.38. The van der Waals surface area contributed by atoms with Crippen molar-refractivity contribution in [3.63, 3.8) is 0 Å². The molecule has 3 aromatic heterocycles. The van der Waals surface area contributed by atoms with Gasteiger partial charge >= 0.3 is 0 Å². The summed E-state index contributed by atoms with van der Waals surface area (Å²) in [6.07, 6.45) is 1.69. The number of aromatic amines is 1. The number of amides is 1. The number of tetrazole rings is 1. The predicted octanol–water partition coefficient (Wildman–Crippen LogP) is 1.10. The number of piperazine rings is 1. The molecule has 2 aliphatic rings. The first-order valence-electron chi connectivity index (χ1n) is 12.9. The number of sulfonamides is 1. The maximum atomic E-state index is 13.8. The van der Waals surface area contributed by atoms with Crippen molar-refractivity contribution < 1.29 is 18.4 Å². The first kappa shape index (κ1) is 27.6. The van der Waals surface area contributed by atoms with Crippen molar-refractivity contribution in [1.82, 2.24) is 39.7 Å². The van der Waals surface area contributed by atoms with E-state index in [1.807, 2.05) is 7.05 Å². The first-order chi connectivity index (χ1) is 19.7. The number of hydrogen-bond donors (Lipinski definition) is 3. The van der Waals surface area contributed by atoms with Gasteiger partial charge in [0.15, 0.2) is 16.7 Å². The van der Waals surface area contributed by atoms with E-state index in [4.69, 9.17) is 10.9 Å². The third-order valence-corrected chi connectivity index (χ3v) is 11.9. The zero-order valence-electron chi connectivity index (χ0n) is 22.1. The molecule has 0 aliphatic carbocycles. The second-order valence-electron chi connectivity index (χ2n) is 10.1. The molecule has 0 bridgehead atoms. The number of nitrogens with two attached hydrogens (primary N) is 1. The molecule has 0 spiro atoms. The Balaban J connectivity index is 1.26. The fraction of sp³-hybridized carbons (Fsp3) is 0.417. The van der Waals surface area contributed by atoms with Gasteiger partial charge in [-0.25, -0.2) is 13.4 Å². The lowest BCUT2D eigenvalue weighted by Crippen LogP contribution is -2.56. The lowest BCUT2D eigenvalue weighted by Gasteiger charge is -2.40. The molecule has 1 unspecified atom stereocenters. The maximum Gasteiger partial charge on any atom is 0.283 e. The number of H-pyrrole nitrogens is 1. The molecule has 1 saturated heterocycles. The molecule has 1 fully saturated rings. The summed E-state index contributed by atoms with van der Waals surface area (Å²) in [5.41, 5.74) is 7.18. The highest BCUT2D eigenvalue weighted by molar-refractivity contribution is 7.91. The number of carbonyl (C=O) groups excluding carboxylic acids is 1. The minimum Gasteiger partial charge on any atom is -0.409 e. The number of rotatable bonds is 7. The molecular formula is C24H28N10O4S3. The third kappa shape index (κ3) is 5.42. The Labute approximate surface area is 243 Å². The van der Waals surface area contributed by atoms with Gasteiger partial charge in [0.1, 0.15) is 4.21 Å². The van der Waals surface area contributed by atoms with E-state index in [-0.39, 0.29) is 35.6 Å². The van der Waals surface area contributed by atoms with Crippen molar-refractivity contribution in [3.05, 3.63) is 51.2 Å². The number of nitrogens with one attached hydrogen (secondary N) is 1. The second kappa shape index (κ2) is 11.1. The minimum atomic E-state index is -3.86. The Morgan fingerprint density at radius 2 is 2.10 bits per heavy atom. The Morgan fingerprint density at radius 3 is 2.88 bits per heavy atom. The van der Waals surface area contributed by atoms with Crippen LogP contribution in [0.3, 0.4) is 0 Å². The Morgan fingerprint density at radius 1 is 1.24 bits per heavy atom. The number of thiazole rings is 1. The van der Waals surface area contributed by atoms with Gasteiger partial charge < -0.3 is 20.7 Å². The largest absolute Gasteiger partial charge is 0.409 e. The van der Waals surface area contributed by atoms with Gasteiger partial charge in [-0.05, 0) is 43.1 Å². The van der Waals surface area contributed by atoms with E-state index in [0.29, 0.717) is 34.6 Å². The number of hydrogen-bond acceptors (Lipinski definition) is 12. The molecule has 4 aromatic rings. The van der Waals surface area contributed by atoms with Crippen molar-refractivity contribution in [2.24, 2.45) is 10.9 Å². The van der Waals surface area contributed by atoms with E-state index in [0.717, 1.165) is 46.1 Å². The summed E-state index contributed by atoms with van der Waals surface area (Å²) in [5.74, 6) is 0.261. The summed E-state index contributed by atoms with van der Waals surface area (Å²) in [7, 11) is -1.81. The van der Waals surface area contributed by atoms with Crippen LogP contribution in [0, 0.1) is 0 Å². The van der Waals surface area contributed by atoms with Crippen molar-refractivity contribution in [3.8, 4) is 0 Å². The van der Waals surface area contributed by atoms with Gasteiger partial charge in [-0.15, -0.1) is 32.9 Å². The number of fused-ring (bicyclic) bond motifs is 2. The van der Waals surface area contributed by atoms with E-state index in [1.54, 1.807) is 29.2 Å². The Hall–Kier alpha value is -3.51. The molecule has 41 heavy (non-hydrogen) atoms. The third-order valence-electron chi connectivity index (χ3n) is 7.39. The monoisotopic (exact) mass is 616 g/mol. The molecular weight excluding hydrogens is 589 g/mol. The average Bonchev–Trinajstić information content (AvgIpc) is 3.74. The van der Waals surface area contributed by atoms with Crippen LogP contribution in [-0.2, 0) is 29.4 Å². The van der Waals surface area contributed by atoms with Crippen LogP contribution in [-0.4, -0.2) is 104 Å². The van der Waals surface area contributed by atoms with Crippen molar-refractivity contribution in [1.29, 1.82) is 0 Å². The number of aromatic nitrogens is 5. The molecule has 1 aromatic carbocycles. The molecule has 5 heterocycles. The molecule has 216 valence electrons. The number of thiophene rings is 1. The van der Waals surface area contributed by atoms with Crippen LogP contribution in [0.5, 0.6) is 0 Å². The number of carbonyl (C=O) groups is 1. The molecule has 4 N–H and O–H groups in total. The molecule has 0 radical (unpaired) electrons. The Bertz CT molecular complexity index is 1720. The normalized spacial score (nSPS) is 19.1. The SMILES string of the molecule is CN1CCc2nc(C(=O)N3CCN(S(=O)(=O)c4cc5cc(C(N)=NO)ccc5s4)CC3CCc3nn[nH]n3)sc2C1. The van der Waals surface area contributed by atoms with Crippen LogP contribution in [0.15, 0.2) is 33.6 Å². The van der Waals surface area contributed by atoms with Crippen LogP contribution in [0.4, 0.5) is 0 Å². The second-order valence-corrected chi connectivity index (χ2v) is 14.4. The van der Waals surface area contributed by atoms with E-state index in [2.05, 4.69) is 35.7 Å². The number of likely N-dealkylation sites (N-methyl/N-ethyl adjacent to an activating group) is 1. The summed E-state index contributed by atoms with van der Waals surface area (Å²) in [6, 6.07) is 6.32. The fourth-order valence-electron chi connectivity index (χ4n) is 5.17.